The third-order valence-corrected chi connectivity index (χ3v) is 6.43. The molecule has 0 aliphatic heterocycles. The molecule has 1 aromatic heterocycles. The topological polar surface area (TPSA) is 93.5 Å². The van der Waals surface area contributed by atoms with Gasteiger partial charge in [-0.05, 0) is 48.9 Å². The van der Waals surface area contributed by atoms with Crippen LogP contribution in [0.4, 0.5) is 5.69 Å². The molecule has 0 fully saturated rings. The largest absolute Gasteiger partial charge is 0.497 e. The second-order valence-corrected chi connectivity index (χ2v) is 8.58. The van der Waals surface area contributed by atoms with Crippen LogP contribution in [0.3, 0.4) is 0 Å². The number of sulfonamides is 1. The molecule has 1 N–H and O–H groups in total. The maximum atomic E-state index is 12.9. The van der Waals surface area contributed by atoms with Crippen molar-refractivity contribution in [3.63, 3.8) is 0 Å². The number of aromatic nitrogens is 2. The van der Waals surface area contributed by atoms with Crippen LogP contribution in [0.25, 0.3) is 0 Å². The summed E-state index contributed by atoms with van der Waals surface area (Å²) in [6, 6.07) is 12.7. The van der Waals surface area contributed by atoms with E-state index in [1.54, 1.807) is 48.9 Å². The van der Waals surface area contributed by atoms with E-state index in [0.717, 1.165) is 17.3 Å². The smallest absolute Gasteiger partial charge is 0.264 e. The molecular formula is C21H24N4O4S. The summed E-state index contributed by atoms with van der Waals surface area (Å²) in [5, 5.41) is 2.86. The Kier molecular flexibility index (Phi) is 6.73. The van der Waals surface area contributed by atoms with E-state index in [1.807, 2.05) is 10.8 Å². The van der Waals surface area contributed by atoms with Gasteiger partial charge in [0.1, 0.15) is 5.75 Å². The van der Waals surface area contributed by atoms with E-state index < -0.39 is 10.0 Å². The Morgan fingerprint density at radius 3 is 2.63 bits per heavy atom. The fourth-order valence-corrected chi connectivity index (χ4v) is 4.06. The van der Waals surface area contributed by atoms with Gasteiger partial charge < -0.3 is 14.6 Å². The zero-order valence-corrected chi connectivity index (χ0v) is 17.7. The molecule has 30 heavy (non-hydrogen) atoms. The maximum absolute atomic E-state index is 12.9. The van der Waals surface area contributed by atoms with Crippen LogP contribution < -0.4 is 14.4 Å². The summed E-state index contributed by atoms with van der Waals surface area (Å²) >= 11 is 0. The number of nitrogens with one attached hydrogen (secondary N) is 1. The highest BCUT2D eigenvalue weighted by molar-refractivity contribution is 7.92. The summed E-state index contributed by atoms with van der Waals surface area (Å²) < 4.78 is 34.0. The number of amides is 1. The Hall–Kier alpha value is -3.33. The SMILES string of the molecule is COc1ccc(S(=O)(=O)N(C)c2cccc(C(=O)NCCCn3ccnc3)c2)cc1. The molecule has 158 valence electrons. The average molecular weight is 429 g/mol. The van der Waals surface area contributed by atoms with Gasteiger partial charge in [-0.25, -0.2) is 13.4 Å². The summed E-state index contributed by atoms with van der Waals surface area (Å²) in [7, 11) is -0.790. The number of rotatable bonds is 9. The Bertz CT molecular complexity index is 1080. The lowest BCUT2D eigenvalue weighted by Gasteiger charge is -2.20. The molecule has 0 atom stereocenters. The molecule has 0 aliphatic rings. The van der Waals surface area contributed by atoms with Crippen LogP contribution in [-0.4, -0.2) is 44.6 Å². The molecule has 0 radical (unpaired) electrons. The first-order valence-electron chi connectivity index (χ1n) is 9.39. The van der Waals surface area contributed by atoms with Gasteiger partial charge in [0.15, 0.2) is 0 Å². The fraction of sp³-hybridized carbons (Fsp3) is 0.238. The standard InChI is InChI=1S/C21H24N4O4S/c1-24(30(27,28)20-9-7-19(29-2)8-10-20)18-6-3-5-17(15-18)21(26)23-11-4-13-25-14-12-22-16-25/h3,5-10,12,14-16H,4,11,13H2,1-2H3,(H,23,26). The van der Waals surface area contributed by atoms with Gasteiger partial charge in [-0.2, -0.15) is 0 Å². The predicted octanol–water partition coefficient (Wildman–Crippen LogP) is 2.54. The number of benzene rings is 2. The molecule has 1 amide bonds. The lowest BCUT2D eigenvalue weighted by atomic mass is 10.2. The summed E-state index contributed by atoms with van der Waals surface area (Å²) in [6.45, 7) is 1.25. The number of carbonyl (C=O) groups excluding carboxylic acids is 1. The molecular weight excluding hydrogens is 404 g/mol. The molecule has 3 rings (SSSR count). The van der Waals surface area contributed by atoms with Gasteiger partial charge in [0.05, 0.1) is 24.0 Å². The van der Waals surface area contributed by atoms with E-state index in [9.17, 15) is 13.2 Å². The second kappa shape index (κ2) is 9.45. The number of hydrogen-bond donors (Lipinski definition) is 1. The van der Waals surface area contributed by atoms with E-state index in [2.05, 4.69) is 10.3 Å². The molecule has 0 spiro atoms. The Balaban J connectivity index is 1.66. The van der Waals surface area contributed by atoms with Gasteiger partial charge in [-0.1, -0.05) is 6.07 Å². The molecule has 8 nitrogen and oxygen atoms in total. The summed E-state index contributed by atoms with van der Waals surface area (Å²) in [6.07, 6.45) is 6.06. The van der Waals surface area contributed by atoms with Crippen molar-refractivity contribution in [2.75, 3.05) is 25.0 Å². The van der Waals surface area contributed by atoms with Gasteiger partial charge in [-0.15, -0.1) is 0 Å². The highest BCUT2D eigenvalue weighted by Gasteiger charge is 2.22. The van der Waals surface area contributed by atoms with Crippen LogP contribution >= 0.6 is 0 Å². The Morgan fingerprint density at radius 2 is 1.97 bits per heavy atom. The minimum atomic E-state index is -3.77. The number of ether oxygens (including phenoxy) is 1. The monoisotopic (exact) mass is 428 g/mol. The van der Waals surface area contributed by atoms with Crippen molar-refractivity contribution in [1.29, 1.82) is 0 Å². The van der Waals surface area contributed by atoms with Gasteiger partial charge in [0, 0.05) is 38.1 Å². The van der Waals surface area contributed by atoms with Crippen molar-refractivity contribution in [3.8, 4) is 5.75 Å². The molecule has 0 bridgehead atoms. The summed E-state index contributed by atoms with van der Waals surface area (Å²) in [4.78, 5) is 16.6. The zero-order valence-electron chi connectivity index (χ0n) is 16.9. The van der Waals surface area contributed by atoms with E-state index in [1.165, 1.54) is 26.3 Å². The minimum absolute atomic E-state index is 0.139. The van der Waals surface area contributed by atoms with E-state index >= 15 is 0 Å². The highest BCUT2D eigenvalue weighted by Crippen LogP contribution is 2.24. The second-order valence-electron chi connectivity index (χ2n) is 6.61. The van der Waals surface area contributed by atoms with Crippen molar-refractivity contribution < 1.29 is 17.9 Å². The third kappa shape index (κ3) is 4.98. The lowest BCUT2D eigenvalue weighted by molar-refractivity contribution is 0.0952. The molecule has 0 saturated carbocycles. The van der Waals surface area contributed by atoms with Crippen LogP contribution in [0.1, 0.15) is 16.8 Å². The molecule has 3 aromatic rings. The number of nitrogens with zero attached hydrogens (tertiary/aromatic N) is 3. The Morgan fingerprint density at radius 1 is 1.20 bits per heavy atom. The molecule has 1 heterocycles. The normalized spacial score (nSPS) is 11.1. The van der Waals surface area contributed by atoms with Crippen molar-refractivity contribution >= 4 is 21.6 Å². The Labute approximate surface area is 176 Å². The zero-order chi connectivity index (χ0) is 21.6. The minimum Gasteiger partial charge on any atom is -0.497 e. The van der Waals surface area contributed by atoms with Crippen molar-refractivity contribution in [1.82, 2.24) is 14.9 Å². The molecule has 9 heteroatoms. The number of imidazole rings is 1. The van der Waals surface area contributed by atoms with E-state index in [0.29, 0.717) is 23.5 Å². The lowest BCUT2D eigenvalue weighted by Crippen LogP contribution is -2.28. The third-order valence-electron chi connectivity index (χ3n) is 4.63. The van der Waals surface area contributed by atoms with E-state index in [4.69, 9.17) is 4.74 Å². The van der Waals surface area contributed by atoms with Gasteiger partial charge in [-0.3, -0.25) is 9.10 Å². The number of aryl methyl sites for hydroxylation is 1. The van der Waals surface area contributed by atoms with Crippen LogP contribution in [0.15, 0.2) is 72.1 Å². The maximum Gasteiger partial charge on any atom is 0.264 e. The summed E-state index contributed by atoms with van der Waals surface area (Å²) in [5.74, 6) is 0.320. The number of hydrogen-bond acceptors (Lipinski definition) is 5. The van der Waals surface area contributed by atoms with Crippen LogP contribution in [0.5, 0.6) is 5.75 Å². The molecule has 0 saturated heterocycles. The number of carbonyl (C=O) groups is 1. The van der Waals surface area contributed by atoms with Gasteiger partial charge >= 0.3 is 0 Å². The number of methoxy groups -OCH3 is 1. The molecule has 2 aromatic carbocycles. The molecule has 0 unspecified atom stereocenters. The summed E-state index contributed by atoms with van der Waals surface area (Å²) in [5.41, 5.74) is 0.795. The van der Waals surface area contributed by atoms with E-state index in [-0.39, 0.29) is 10.8 Å². The van der Waals surface area contributed by atoms with Crippen molar-refractivity contribution in [2.24, 2.45) is 0 Å². The van der Waals surface area contributed by atoms with Crippen LogP contribution in [0.2, 0.25) is 0 Å². The first-order valence-corrected chi connectivity index (χ1v) is 10.8. The first-order chi connectivity index (χ1) is 14.4. The van der Waals surface area contributed by atoms with Crippen molar-refractivity contribution in [3.05, 3.63) is 72.8 Å². The quantitative estimate of drug-likeness (QED) is 0.529. The first kappa shape index (κ1) is 21.4. The van der Waals surface area contributed by atoms with Gasteiger partial charge in [0.2, 0.25) is 0 Å². The van der Waals surface area contributed by atoms with Crippen molar-refractivity contribution in [2.45, 2.75) is 17.9 Å². The van der Waals surface area contributed by atoms with Crippen LogP contribution in [-0.2, 0) is 16.6 Å². The van der Waals surface area contributed by atoms with Gasteiger partial charge in [0.25, 0.3) is 15.9 Å². The highest BCUT2D eigenvalue weighted by atomic mass is 32.2. The predicted molar refractivity (Wildman–Crippen MR) is 114 cm³/mol. The number of anilines is 1. The van der Waals surface area contributed by atoms with Crippen LogP contribution in [0, 0.1) is 0 Å². The fourth-order valence-electron chi connectivity index (χ4n) is 2.87. The molecule has 0 aliphatic carbocycles. The average Bonchev–Trinajstić information content (AvgIpc) is 3.29.